The van der Waals surface area contributed by atoms with Crippen LogP contribution in [-0.2, 0) is 14.3 Å². The minimum Gasteiger partial charge on any atom is -0.481 e. The third-order valence-electron chi connectivity index (χ3n) is 6.36. The fraction of sp³-hybridized carbons (Fsp3) is 0.464. The van der Waals surface area contributed by atoms with Crippen LogP contribution in [0.3, 0.4) is 0 Å². The lowest BCUT2D eigenvalue weighted by molar-refractivity contribution is -0.139. The summed E-state index contributed by atoms with van der Waals surface area (Å²) < 4.78 is 5.62. The summed E-state index contributed by atoms with van der Waals surface area (Å²) >= 11 is 0. The second-order valence-corrected chi connectivity index (χ2v) is 10.4. The van der Waals surface area contributed by atoms with E-state index in [-0.39, 0.29) is 31.4 Å². The highest BCUT2D eigenvalue weighted by molar-refractivity contribution is 5.86. The van der Waals surface area contributed by atoms with Gasteiger partial charge in [0.2, 0.25) is 5.91 Å². The largest absolute Gasteiger partial charge is 0.481 e. The van der Waals surface area contributed by atoms with Gasteiger partial charge in [-0.15, -0.1) is 0 Å². The van der Waals surface area contributed by atoms with Crippen molar-refractivity contribution in [3.63, 3.8) is 0 Å². The van der Waals surface area contributed by atoms with Crippen LogP contribution >= 0.6 is 0 Å². The molecule has 2 amide bonds. The highest BCUT2D eigenvalue weighted by Crippen LogP contribution is 2.44. The predicted octanol–water partition coefficient (Wildman–Crippen LogP) is 4.95. The Morgan fingerprint density at radius 2 is 1.54 bits per heavy atom. The van der Waals surface area contributed by atoms with Gasteiger partial charge in [-0.05, 0) is 46.4 Å². The molecule has 0 radical (unpaired) electrons. The number of hydrogen-bond acceptors (Lipinski definition) is 4. The molecular weight excluding hydrogens is 444 g/mol. The van der Waals surface area contributed by atoms with E-state index in [0.717, 1.165) is 28.7 Å². The Morgan fingerprint density at radius 3 is 2.09 bits per heavy atom. The van der Waals surface area contributed by atoms with Crippen molar-refractivity contribution in [2.75, 3.05) is 13.2 Å². The van der Waals surface area contributed by atoms with E-state index in [0.29, 0.717) is 12.3 Å². The zero-order chi connectivity index (χ0) is 25.6. The number of aliphatic carboxylic acids is 1. The molecular formula is C28H36N2O5. The Bertz CT molecular complexity index is 1020. The Hall–Kier alpha value is -3.35. The molecule has 1 aliphatic carbocycles. The molecule has 1 aliphatic rings. The van der Waals surface area contributed by atoms with Crippen LogP contribution < -0.4 is 10.6 Å². The average Bonchev–Trinajstić information content (AvgIpc) is 3.11. The maximum absolute atomic E-state index is 12.9. The summed E-state index contributed by atoms with van der Waals surface area (Å²) in [5, 5.41) is 14.6. The maximum atomic E-state index is 12.9. The molecule has 0 bridgehead atoms. The molecule has 188 valence electrons. The van der Waals surface area contributed by atoms with Crippen LogP contribution in [0.25, 0.3) is 11.1 Å². The quantitative estimate of drug-likeness (QED) is 0.422. The van der Waals surface area contributed by atoms with E-state index < -0.39 is 23.5 Å². The molecule has 1 atom stereocenters. The zero-order valence-electron chi connectivity index (χ0n) is 21.0. The van der Waals surface area contributed by atoms with Gasteiger partial charge in [-0.3, -0.25) is 9.59 Å². The van der Waals surface area contributed by atoms with E-state index in [1.165, 1.54) is 0 Å². The molecule has 3 N–H and O–H groups in total. The fourth-order valence-corrected chi connectivity index (χ4v) is 4.47. The van der Waals surface area contributed by atoms with Gasteiger partial charge in [-0.2, -0.15) is 0 Å². The zero-order valence-corrected chi connectivity index (χ0v) is 21.0. The normalized spacial score (nSPS) is 13.6. The van der Waals surface area contributed by atoms with Crippen molar-refractivity contribution in [3.8, 4) is 11.1 Å². The lowest BCUT2D eigenvalue weighted by atomic mass is 9.89. The molecule has 0 heterocycles. The van der Waals surface area contributed by atoms with Crippen LogP contribution in [0.1, 0.15) is 64.0 Å². The Kier molecular flexibility index (Phi) is 8.54. The van der Waals surface area contributed by atoms with Gasteiger partial charge in [0.1, 0.15) is 12.6 Å². The number of carbonyl (C=O) groups is 3. The second kappa shape index (κ2) is 11.4. The van der Waals surface area contributed by atoms with Crippen LogP contribution in [-0.4, -0.2) is 42.3 Å². The molecule has 0 aliphatic heterocycles. The van der Waals surface area contributed by atoms with Crippen molar-refractivity contribution < 1.29 is 24.2 Å². The molecule has 7 nitrogen and oxygen atoms in total. The van der Waals surface area contributed by atoms with Gasteiger partial charge >= 0.3 is 12.1 Å². The topological polar surface area (TPSA) is 105 Å². The maximum Gasteiger partial charge on any atom is 0.407 e. The summed E-state index contributed by atoms with van der Waals surface area (Å²) in [5.41, 5.74) is 3.94. The minimum absolute atomic E-state index is 0.0621. The first-order valence-corrected chi connectivity index (χ1v) is 12.2. The van der Waals surface area contributed by atoms with Gasteiger partial charge in [0.05, 0.1) is 6.42 Å². The lowest BCUT2D eigenvalue weighted by Crippen LogP contribution is -2.49. The molecule has 3 rings (SSSR count). The summed E-state index contributed by atoms with van der Waals surface area (Å²) in [4.78, 5) is 36.7. The average molecular weight is 481 g/mol. The third-order valence-corrected chi connectivity index (χ3v) is 6.36. The fourth-order valence-electron chi connectivity index (χ4n) is 4.47. The van der Waals surface area contributed by atoms with Gasteiger partial charge in [0.15, 0.2) is 0 Å². The molecule has 7 heteroatoms. The first-order chi connectivity index (χ1) is 16.6. The van der Waals surface area contributed by atoms with E-state index in [1.54, 1.807) is 13.8 Å². The molecule has 0 spiro atoms. The molecule has 2 aromatic rings. The highest BCUT2D eigenvalue weighted by atomic mass is 16.5. The van der Waals surface area contributed by atoms with E-state index in [2.05, 4.69) is 48.7 Å². The van der Waals surface area contributed by atoms with Crippen LogP contribution in [0.5, 0.6) is 0 Å². The van der Waals surface area contributed by atoms with E-state index in [4.69, 9.17) is 9.84 Å². The molecule has 35 heavy (non-hydrogen) atoms. The summed E-state index contributed by atoms with van der Waals surface area (Å²) in [6, 6.07) is 15.5. The monoisotopic (exact) mass is 480 g/mol. The Morgan fingerprint density at radius 1 is 0.971 bits per heavy atom. The number of amides is 2. The summed E-state index contributed by atoms with van der Waals surface area (Å²) in [6.45, 7) is 8.04. The van der Waals surface area contributed by atoms with Crippen LogP contribution in [0.4, 0.5) is 4.79 Å². The Balaban J connectivity index is 1.63. The first kappa shape index (κ1) is 26.3. The summed E-state index contributed by atoms with van der Waals surface area (Å²) in [7, 11) is 0. The molecule has 0 saturated carbocycles. The van der Waals surface area contributed by atoms with Gasteiger partial charge < -0.3 is 20.5 Å². The van der Waals surface area contributed by atoms with Crippen molar-refractivity contribution in [2.24, 2.45) is 11.3 Å². The third kappa shape index (κ3) is 7.07. The van der Waals surface area contributed by atoms with Crippen molar-refractivity contribution in [1.29, 1.82) is 0 Å². The van der Waals surface area contributed by atoms with Crippen molar-refractivity contribution in [1.82, 2.24) is 10.6 Å². The van der Waals surface area contributed by atoms with Gasteiger partial charge in [-0.1, -0.05) is 76.2 Å². The van der Waals surface area contributed by atoms with Crippen molar-refractivity contribution in [2.45, 2.75) is 58.9 Å². The van der Waals surface area contributed by atoms with Crippen LogP contribution in [0.2, 0.25) is 0 Å². The smallest absolute Gasteiger partial charge is 0.407 e. The molecule has 0 fully saturated rings. The second-order valence-electron chi connectivity index (χ2n) is 10.4. The number of carboxylic acid groups (broad SMARTS) is 1. The van der Waals surface area contributed by atoms with Crippen molar-refractivity contribution in [3.05, 3.63) is 59.7 Å². The number of fused-ring (bicyclic) bond motifs is 3. The van der Waals surface area contributed by atoms with Crippen LogP contribution in [0, 0.1) is 11.3 Å². The number of carboxylic acids is 1. The van der Waals surface area contributed by atoms with Gasteiger partial charge in [0.25, 0.3) is 0 Å². The summed E-state index contributed by atoms with van der Waals surface area (Å²) in [5.74, 6) is -0.957. The SMILES string of the molecule is CC(C)CCC(NC(=O)OCC1c2ccccc2-c2ccccc21)C(=O)NCC(C)(C)CC(=O)O. The highest BCUT2D eigenvalue weighted by Gasteiger charge is 2.30. The number of carbonyl (C=O) groups excluding carboxylic acids is 2. The predicted molar refractivity (Wildman–Crippen MR) is 135 cm³/mol. The van der Waals surface area contributed by atoms with Crippen molar-refractivity contribution >= 4 is 18.0 Å². The van der Waals surface area contributed by atoms with Crippen LogP contribution in [0.15, 0.2) is 48.5 Å². The lowest BCUT2D eigenvalue weighted by Gasteiger charge is -2.25. The van der Waals surface area contributed by atoms with Gasteiger partial charge in [-0.25, -0.2) is 4.79 Å². The first-order valence-electron chi connectivity index (χ1n) is 12.2. The number of hydrogen-bond donors (Lipinski definition) is 3. The minimum atomic E-state index is -0.919. The molecule has 1 unspecified atom stereocenters. The summed E-state index contributed by atoms with van der Waals surface area (Å²) in [6.07, 6.45) is 0.511. The van der Waals surface area contributed by atoms with Gasteiger partial charge in [0, 0.05) is 12.5 Å². The number of ether oxygens (including phenoxy) is 1. The number of nitrogens with one attached hydrogen (secondary N) is 2. The Labute approximate surface area is 207 Å². The molecule has 2 aromatic carbocycles. The standard InChI is InChI=1S/C28H36N2O5/c1-18(2)13-14-24(26(33)29-17-28(3,4)15-25(31)32)30-27(34)35-16-23-21-11-7-5-9-19(21)20-10-6-8-12-22(20)23/h5-12,18,23-24H,13-17H2,1-4H3,(H,29,33)(H,30,34)(H,31,32). The van der Waals surface area contributed by atoms with E-state index in [1.807, 2.05) is 24.3 Å². The molecule has 0 aromatic heterocycles. The number of rotatable bonds is 11. The van der Waals surface area contributed by atoms with E-state index in [9.17, 15) is 14.4 Å². The molecule has 0 saturated heterocycles. The van der Waals surface area contributed by atoms with E-state index >= 15 is 0 Å². The number of benzene rings is 2. The number of alkyl carbamates (subject to hydrolysis) is 1.